The number of ether oxygens (including phenoxy) is 1. The number of benzene rings is 2. The van der Waals surface area contributed by atoms with Crippen LogP contribution in [-0.2, 0) is 17.8 Å². The molecule has 6 nitrogen and oxygen atoms in total. The smallest absolute Gasteiger partial charge is 0.317 e. The highest BCUT2D eigenvalue weighted by Crippen LogP contribution is 2.18. The minimum absolute atomic E-state index is 0.125. The van der Waals surface area contributed by atoms with Crippen LogP contribution in [-0.4, -0.2) is 41.6 Å². The minimum atomic E-state index is -0.769. The molecule has 0 atom stereocenters. The van der Waals surface area contributed by atoms with Gasteiger partial charge < -0.3 is 20.1 Å². The summed E-state index contributed by atoms with van der Waals surface area (Å²) in [6.45, 7) is 2.03. The van der Waals surface area contributed by atoms with Gasteiger partial charge in [0.05, 0.1) is 5.92 Å². The maximum atomic E-state index is 12.2. The average molecular weight is 382 g/mol. The first-order valence-corrected chi connectivity index (χ1v) is 9.63. The molecule has 6 heteroatoms. The summed E-state index contributed by atoms with van der Waals surface area (Å²) in [7, 11) is 0. The van der Waals surface area contributed by atoms with E-state index in [1.807, 2.05) is 54.6 Å². The van der Waals surface area contributed by atoms with E-state index in [-0.39, 0.29) is 11.9 Å². The van der Waals surface area contributed by atoms with Gasteiger partial charge in [-0.2, -0.15) is 0 Å². The van der Waals surface area contributed by atoms with Crippen LogP contribution in [0.15, 0.2) is 54.6 Å². The maximum Gasteiger partial charge on any atom is 0.317 e. The van der Waals surface area contributed by atoms with Crippen molar-refractivity contribution in [2.45, 2.75) is 25.9 Å². The molecule has 0 radical (unpaired) electrons. The fourth-order valence-corrected chi connectivity index (χ4v) is 3.29. The number of amides is 2. The van der Waals surface area contributed by atoms with Crippen LogP contribution < -0.4 is 10.1 Å². The van der Waals surface area contributed by atoms with Crippen molar-refractivity contribution >= 4 is 12.0 Å². The lowest BCUT2D eigenvalue weighted by Crippen LogP contribution is -2.45. The van der Waals surface area contributed by atoms with Crippen LogP contribution in [0.3, 0.4) is 0 Å². The second kappa shape index (κ2) is 9.78. The molecule has 1 saturated heterocycles. The van der Waals surface area contributed by atoms with Crippen molar-refractivity contribution in [3.8, 4) is 5.75 Å². The molecule has 148 valence electrons. The van der Waals surface area contributed by atoms with Crippen LogP contribution in [0.1, 0.15) is 24.0 Å². The molecule has 1 aliphatic heterocycles. The number of hydrogen-bond acceptors (Lipinski definition) is 3. The van der Waals surface area contributed by atoms with Gasteiger partial charge >= 0.3 is 12.0 Å². The molecular formula is C22H26N2O4. The highest BCUT2D eigenvalue weighted by Gasteiger charge is 2.26. The summed E-state index contributed by atoms with van der Waals surface area (Å²) in [5.74, 6) is -0.291. The van der Waals surface area contributed by atoms with Gasteiger partial charge in [-0.3, -0.25) is 4.79 Å². The van der Waals surface area contributed by atoms with Crippen molar-refractivity contribution in [2.24, 2.45) is 5.92 Å². The molecule has 28 heavy (non-hydrogen) atoms. The summed E-state index contributed by atoms with van der Waals surface area (Å²) >= 11 is 0. The Kier molecular flexibility index (Phi) is 6.89. The lowest BCUT2D eigenvalue weighted by Gasteiger charge is -2.30. The number of hydrogen-bond donors (Lipinski definition) is 2. The van der Waals surface area contributed by atoms with Crippen LogP contribution in [0.25, 0.3) is 0 Å². The maximum absolute atomic E-state index is 12.2. The third-order valence-corrected chi connectivity index (χ3v) is 4.97. The van der Waals surface area contributed by atoms with E-state index in [2.05, 4.69) is 5.32 Å². The van der Waals surface area contributed by atoms with Crippen LogP contribution in [0.5, 0.6) is 5.75 Å². The summed E-state index contributed by atoms with van der Waals surface area (Å²) in [6, 6.07) is 17.8. The summed E-state index contributed by atoms with van der Waals surface area (Å²) in [5, 5.41) is 11.9. The highest BCUT2D eigenvalue weighted by atomic mass is 16.5. The van der Waals surface area contributed by atoms with Crippen LogP contribution in [0, 0.1) is 5.92 Å². The van der Waals surface area contributed by atoms with Crippen LogP contribution in [0.4, 0.5) is 4.79 Å². The normalized spacial score (nSPS) is 14.5. The molecule has 2 N–H and O–H groups in total. The number of rotatable bonds is 7. The van der Waals surface area contributed by atoms with E-state index in [9.17, 15) is 9.59 Å². The van der Waals surface area contributed by atoms with Gasteiger partial charge in [0.25, 0.3) is 0 Å². The summed E-state index contributed by atoms with van der Waals surface area (Å²) < 4.78 is 5.84. The van der Waals surface area contributed by atoms with E-state index in [0.717, 1.165) is 16.9 Å². The number of carbonyl (C=O) groups is 2. The van der Waals surface area contributed by atoms with Crippen molar-refractivity contribution in [1.82, 2.24) is 10.2 Å². The predicted molar refractivity (Wildman–Crippen MR) is 106 cm³/mol. The Hall–Kier alpha value is -3.02. The number of nitrogens with zero attached hydrogens (tertiary/aromatic N) is 1. The monoisotopic (exact) mass is 382 g/mol. The number of urea groups is 1. The van der Waals surface area contributed by atoms with Gasteiger partial charge in [-0.1, -0.05) is 42.5 Å². The van der Waals surface area contributed by atoms with E-state index in [4.69, 9.17) is 9.84 Å². The molecule has 2 amide bonds. The molecule has 2 aromatic carbocycles. The standard InChI is InChI=1S/C22H26N2O4/c25-21(26)19-10-13-24(14-11-19)22(27)23-12-9-17-7-4-8-20(15-17)28-16-18-5-2-1-3-6-18/h1-8,15,19H,9-14,16H2,(H,23,27)(H,25,26). The molecule has 0 aliphatic carbocycles. The molecule has 0 aromatic heterocycles. The first kappa shape index (κ1) is 19.7. The number of piperidine rings is 1. The number of likely N-dealkylation sites (tertiary alicyclic amines) is 1. The number of carboxylic acid groups (broad SMARTS) is 1. The van der Waals surface area contributed by atoms with Gasteiger partial charge in [-0.25, -0.2) is 4.79 Å². The molecule has 0 saturated carbocycles. The molecule has 1 fully saturated rings. The topological polar surface area (TPSA) is 78.9 Å². The molecule has 0 spiro atoms. The largest absolute Gasteiger partial charge is 0.489 e. The minimum Gasteiger partial charge on any atom is -0.489 e. The molecule has 1 heterocycles. The Morgan fingerprint density at radius 2 is 1.75 bits per heavy atom. The number of aliphatic carboxylic acids is 1. The highest BCUT2D eigenvalue weighted by molar-refractivity contribution is 5.75. The Balaban J connectivity index is 1.41. The average Bonchev–Trinajstić information content (AvgIpc) is 2.73. The Morgan fingerprint density at radius 1 is 1.04 bits per heavy atom. The quantitative estimate of drug-likeness (QED) is 0.770. The number of carbonyl (C=O) groups excluding carboxylic acids is 1. The third-order valence-electron chi connectivity index (χ3n) is 4.97. The summed E-state index contributed by atoms with van der Waals surface area (Å²) in [5.41, 5.74) is 2.21. The first-order chi connectivity index (χ1) is 13.6. The third kappa shape index (κ3) is 5.74. The van der Waals surface area contributed by atoms with Gasteiger partial charge in [0.2, 0.25) is 0 Å². The fourth-order valence-electron chi connectivity index (χ4n) is 3.29. The van der Waals surface area contributed by atoms with E-state index in [1.165, 1.54) is 0 Å². The van der Waals surface area contributed by atoms with Gasteiger partial charge in [0.1, 0.15) is 12.4 Å². The first-order valence-electron chi connectivity index (χ1n) is 9.63. The molecule has 0 bridgehead atoms. The summed E-state index contributed by atoms with van der Waals surface area (Å²) in [6.07, 6.45) is 1.74. The van der Waals surface area contributed by atoms with E-state index >= 15 is 0 Å². The molecule has 1 aliphatic rings. The van der Waals surface area contributed by atoms with Crippen molar-refractivity contribution in [1.29, 1.82) is 0 Å². The Bertz CT molecular complexity index is 786. The Morgan fingerprint density at radius 3 is 2.46 bits per heavy atom. The van der Waals surface area contributed by atoms with Crippen molar-refractivity contribution < 1.29 is 19.4 Å². The van der Waals surface area contributed by atoms with Gasteiger partial charge in [0.15, 0.2) is 0 Å². The second-order valence-electron chi connectivity index (χ2n) is 7.00. The SMILES string of the molecule is O=C(O)C1CCN(C(=O)NCCc2cccc(OCc3ccccc3)c2)CC1. The molecule has 2 aromatic rings. The van der Waals surface area contributed by atoms with Gasteiger partial charge in [-0.05, 0) is 42.5 Å². The molecule has 0 unspecified atom stereocenters. The van der Waals surface area contributed by atoms with E-state index < -0.39 is 5.97 Å². The van der Waals surface area contributed by atoms with Crippen LogP contribution >= 0.6 is 0 Å². The van der Waals surface area contributed by atoms with Crippen molar-refractivity contribution in [3.05, 3.63) is 65.7 Å². The fraction of sp³-hybridized carbons (Fsp3) is 0.364. The summed E-state index contributed by atoms with van der Waals surface area (Å²) in [4.78, 5) is 24.9. The van der Waals surface area contributed by atoms with E-state index in [0.29, 0.717) is 45.5 Å². The molecular weight excluding hydrogens is 356 g/mol. The molecule has 3 rings (SSSR count). The van der Waals surface area contributed by atoms with Crippen LogP contribution in [0.2, 0.25) is 0 Å². The second-order valence-corrected chi connectivity index (χ2v) is 7.00. The van der Waals surface area contributed by atoms with Crippen molar-refractivity contribution in [2.75, 3.05) is 19.6 Å². The lowest BCUT2D eigenvalue weighted by molar-refractivity contribution is -0.143. The zero-order valence-electron chi connectivity index (χ0n) is 15.8. The lowest BCUT2D eigenvalue weighted by atomic mass is 9.97. The Labute approximate surface area is 165 Å². The van der Waals surface area contributed by atoms with Gasteiger partial charge in [0, 0.05) is 19.6 Å². The van der Waals surface area contributed by atoms with Gasteiger partial charge in [-0.15, -0.1) is 0 Å². The number of carboxylic acids is 1. The zero-order valence-corrected chi connectivity index (χ0v) is 15.8. The van der Waals surface area contributed by atoms with E-state index in [1.54, 1.807) is 4.90 Å². The zero-order chi connectivity index (χ0) is 19.8. The number of nitrogens with one attached hydrogen (secondary N) is 1. The van der Waals surface area contributed by atoms with Crippen molar-refractivity contribution in [3.63, 3.8) is 0 Å². The predicted octanol–water partition coefficient (Wildman–Crippen LogP) is 3.31.